The summed E-state index contributed by atoms with van der Waals surface area (Å²) in [5.74, 6) is 1.23. The summed E-state index contributed by atoms with van der Waals surface area (Å²) in [6.45, 7) is 12.1. The lowest BCUT2D eigenvalue weighted by molar-refractivity contribution is 0.490. The molecule has 1 aromatic rings. The third-order valence-electron chi connectivity index (χ3n) is 2.31. The van der Waals surface area contributed by atoms with E-state index in [1.54, 1.807) is 11.3 Å². The van der Waals surface area contributed by atoms with Gasteiger partial charge in [0.2, 0.25) is 0 Å². The van der Waals surface area contributed by atoms with Crippen LogP contribution >= 0.6 is 11.3 Å². The molecule has 0 saturated carbocycles. The lowest BCUT2D eigenvalue weighted by atomic mass is 10.2. The van der Waals surface area contributed by atoms with Crippen molar-refractivity contribution in [2.45, 2.75) is 46.6 Å². The maximum atomic E-state index is 4.64. The van der Waals surface area contributed by atoms with Crippen LogP contribution in [0.4, 0.5) is 0 Å². The van der Waals surface area contributed by atoms with Crippen LogP contribution in [0.2, 0.25) is 0 Å². The van der Waals surface area contributed by atoms with Gasteiger partial charge in [-0.1, -0.05) is 27.7 Å². The Morgan fingerprint density at radius 1 is 1.27 bits per heavy atom. The molecule has 1 aromatic heterocycles. The third-order valence-corrected chi connectivity index (χ3v) is 3.47. The molecule has 0 aromatic carbocycles. The summed E-state index contributed by atoms with van der Waals surface area (Å²) in [5.41, 5.74) is 1.18. The fourth-order valence-electron chi connectivity index (χ4n) is 1.28. The van der Waals surface area contributed by atoms with Crippen molar-refractivity contribution in [2.24, 2.45) is 5.92 Å². The van der Waals surface area contributed by atoms with Crippen molar-refractivity contribution in [1.82, 2.24) is 10.3 Å². The van der Waals surface area contributed by atoms with Crippen molar-refractivity contribution in [2.75, 3.05) is 6.54 Å². The average molecular weight is 226 g/mol. The Balaban J connectivity index is 2.54. The predicted molar refractivity (Wildman–Crippen MR) is 67.5 cm³/mol. The molecular formula is C12H22N2S. The van der Waals surface area contributed by atoms with E-state index in [0.717, 1.165) is 6.54 Å². The first-order valence-electron chi connectivity index (χ1n) is 5.69. The lowest BCUT2D eigenvalue weighted by Crippen LogP contribution is -2.23. The monoisotopic (exact) mass is 226 g/mol. The second kappa shape index (κ2) is 5.61. The number of nitrogens with one attached hydrogen (secondary N) is 1. The van der Waals surface area contributed by atoms with E-state index >= 15 is 0 Å². The van der Waals surface area contributed by atoms with E-state index in [1.165, 1.54) is 10.7 Å². The molecule has 0 amide bonds. The second-order valence-corrected chi connectivity index (χ2v) is 5.68. The Labute approximate surface area is 97.1 Å². The summed E-state index contributed by atoms with van der Waals surface area (Å²) in [7, 11) is 0. The summed E-state index contributed by atoms with van der Waals surface area (Å²) < 4.78 is 0. The summed E-state index contributed by atoms with van der Waals surface area (Å²) in [5, 5.41) is 6.91. The van der Waals surface area contributed by atoms with E-state index in [0.29, 0.717) is 17.9 Å². The minimum Gasteiger partial charge on any atom is -0.309 e. The molecule has 1 unspecified atom stereocenters. The Morgan fingerprint density at radius 2 is 1.93 bits per heavy atom. The molecule has 3 heteroatoms. The average Bonchev–Trinajstić information content (AvgIpc) is 2.62. The maximum absolute atomic E-state index is 4.64. The molecule has 0 aliphatic heterocycles. The summed E-state index contributed by atoms with van der Waals surface area (Å²) in [4.78, 5) is 4.64. The van der Waals surface area contributed by atoms with Crippen LogP contribution in [0.15, 0.2) is 5.38 Å². The normalized spacial score (nSPS) is 13.8. The number of hydrogen-bond donors (Lipinski definition) is 1. The van der Waals surface area contributed by atoms with E-state index in [1.807, 2.05) is 0 Å². The first-order chi connectivity index (χ1) is 7.00. The van der Waals surface area contributed by atoms with Crippen molar-refractivity contribution in [3.63, 3.8) is 0 Å². The van der Waals surface area contributed by atoms with Gasteiger partial charge in [-0.05, 0) is 19.4 Å². The van der Waals surface area contributed by atoms with Crippen LogP contribution < -0.4 is 5.32 Å². The van der Waals surface area contributed by atoms with Crippen LogP contribution in [-0.4, -0.2) is 11.5 Å². The van der Waals surface area contributed by atoms with E-state index in [4.69, 9.17) is 0 Å². The largest absolute Gasteiger partial charge is 0.309 e. The highest BCUT2D eigenvalue weighted by Gasteiger charge is 2.11. The van der Waals surface area contributed by atoms with Crippen molar-refractivity contribution >= 4 is 11.3 Å². The van der Waals surface area contributed by atoms with Gasteiger partial charge in [0.1, 0.15) is 0 Å². The molecule has 0 fully saturated rings. The van der Waals surface area contributed by atoms with Crippen LogP contribution in [0.25, 0.3) is 0 Å². The third kappa shape index (κ3) is 3.92. The van der Waals surface area contributed by atoms with Gasteiger partial charge in [-0.15, -0.1) is 11.3 Å². The van der Waals surface area contributed by atoms with Crippen molar-refractivity contribution in [3.05, 3.63) is 16.1 Å². The molecule has 0 aliphatic carbocycles. The highest BCUT2D eigenvalue weighted by atomic mass is 32.1. The topological polar surface area (TPSA) is 24.9 Å². The molecule has 0 spiro atoms. The maximum Gasteiger partial charge on any atom is 0.0954 e. The van der Waals surface area contributed by atoms with E-state index < -0.39 is 0 Å². The Morgan fingerprint density at radius 3 is 2.40 bits per heavy atom. The molecule has 15 heavy (non-hydrogen) atoms. The van der Waals surface area contributed by atoms with Gasteiger partial charge in [0.25, 0.3) is 0 Å². The van der Waals surface area contributed by atoms with Gasteiger partial charge in [-0.25, -0.2) is 4.98 Å². The Bertz CT molecular complexity index is 292. The summed E-state index contributed by atoms with van der Waals surface area (Å²) in [6.07, 6.45) is 0. The molecule has 0 aliphatic rings. The highest BCUT2D eigenvalue weighted by molar-refractivity contribution is 7.09. The van der Waals surface area contributed by atoms with Crippen molar-refractivity contribution in [1.29, 1.82) is 0 Å². The fourth-order valence-corrected chi connectivity index (χ4v) is 2.21. The molecule has 0 radical (unpaired) electrons. The van der Waals surface area contributed by atoms with E-state index in [9.17, 15) is 0 Å². The smallest absolute Gasteiger partial charge is 0.0954 e. The predicted octanol–water partition coefficient (Wildman–Crippen LogP) is 3.57. The number of thiazole rings is 1. The first-order valence-corrected chi connectivity index (χ1v) is 6.57. The molecule has 1 N–H and O–H groups in total. The minimum atomic E-state index is 0.371. The van der Waals surface area contributed by atoms with E-state index in [-0.39, 0.29) is 0 Å². The van der Waals surface area contributed by atoms with E-state index in [2.05, 4.69) is 50.3 Å². The standard InChI is InChI=1S/C12H22N2S/c1-8(2)6-13-10(5)11-7-15-12(14-11)9(3)4/h7-10,13H,6H2,1-5H3. The molecule has 2 nitrogen and oxygen atoms in total. The van der Waals surface area contributed by atoms with Gasteiger partial charge < -0.3 is 5.32 Å². The Kier molecular flexibility index (Phi) is 4.74. The SMILES string of the molecule is CC(C)CNC(C)c1csc(C(C)C)n1. The number of hydrogen-bond acceptors (Lipinski definition) is 3. The van der Waals surface area contributed by atoms with Gasteiger partial charge in [0, 0.05) is 17.3 Å². The van der Waals surface area contributed by atoms with Crippen LogP contribution in [0, 0.1) is 5.92 Å². The van der Waals surface area contributed by atoms with Crippen molar-refractivity contribution in [3.8, 4) is 0 Å². The van der Waals surface area contributed by atoms with Gasteiger partial charge in [-0.2, -0.15) is 0 Å². The van der Waals surface area contributed by atoms with Crippen LogP contribution in [0.1, 0.15) is 57.3 Å². The number of aromatic nitrogens is 1. The first kappa shape index (κ1) is 12.7. The molecule has 1 atom stereocenters. The van der Waals surface area contributed by atoms with Crippen molar-refractivity contribution < 1.29 is 0 Å². The van der Waals surface area contributed by atoms with Crippen LogP contribution in [0.5, 0.6) is 0 Å². The molecule has 0 bridgehead atoms. The van der Waals surface area contributed by atoms with Crippen LogP contribution in [0.3, 0.4) is 0 Å². The molecule has 1 heterocycles. The summed E-state index contributed by atoms with van der Waals surface area (Å²) in [6, 6.07) is 0.371. The Hall–Kier alpha value is -0.410. The lowest BCUT2D eigenvalue weighted by Gasteiger charge is -2.13. The molecule has 1 rings (SSSR count). The fraction of sp³-hybridized carbons (Fsp3) is 0.750. The van der Waals surface area contributed by atoms with Gasteiger partial charge >= 0.3 is 0 Å². The van der Waals surface area contributed by atoms with Gasteiger partial charge in [0.05, 0.1) is 10.7 Å². The van der Waals surface area contributed by atoms with Gasteiger partial charge in [-0.3, -0.25) is 0 Å². The molecular weight excluding hydrogens is 204 g/mol. The quantitative estimate of drug-likeness (QED) is 0.830. The zero-order valence-corrected chi connectivity index (χ0v) is 11.2. The number of nitrogens with zero attached hydrogens (tertiary/aromatic N) is 1. The van der Waals surface area contributed by atoms with Gasteiger partial charge in [0.15, 0.2) is 0 Å². The summed E-state index contributed by atoms with van der Waals surface area (Å²) >= 11 is 1.77. The number of rotatable bonds is 5. The van der Waals surface area contributed by atoms with Crippen LogP contribution in [-0.2, 0) is 0 Å². The zero-order chi connectivity index (χ0) is 11.4. The minimum absolute atomic E-state index is 0.371. The highest BCUT2D eigenvalue weighted by Crippen LogP contribution is 2.22. The second-order valence-electron chi connectivity index (χ2n) is 4.79. The molecule has 0 saturated heterocycles. The molecule has 86 valence electrons. The zero-order valence-electron chi connectivity index (χ0n) is 10.4.